The number of hydrogen-bond donors (Lipinski definition) is 2. The molecule has 0 unspecified atom stereocenters. The molecule has 0 bridgehead atoms. The van der Waals surface area contributed by atoms with Crippen molar-refractivity contribution in [3.05, 3.63) is 16.8 Å². The summed E-state index contributed by atoms with van der Waals surface area (Å²) in [4.78, 5) is 24.2. The monoisotopic (exact) mass is 319 g/mol. The van der Waals surface area contributed by atoms with Crippen molar-refractivity contribution in [3.8, 4) is 0 Å². The summed E-state index contributed by atoms with van der Waals surface area (Å²) in [5.74, 6) is 0.675. The summed E-state index contributed by atoms with van der Waals surface area (Å²) < 4.78 is 0. The van der Waals surface area contributed by atoms with E-state index in [1.807, 2.05) is 0 Å². The Morgan fingerprint density at radius 3 is 2.82 bits per heavy atom. The molecule has 2 aromatic heterocycles. The number of hydrogen-bond acceptors (Lipinski definition) is 6. The van der Waals surface area contributed by atoms with Crippen molar-refractivity contribution >= 4 is 33.3 Å². The van der Waals surface area contributed by atoms with Crippen LogP contribution in [0, 0.1) is 13.8 Å². The van der Waals surface area contributed by atoms with E-state index >= 15 is 0 Å². The van der Waals surface area contributed by atoms with Gasteiger partial charge in [0.05, 0.1) is 11.9 Å². The van der Waals surface area contributed by atoms with Gasteiger partial charge in [0, 0.05) is 24.0 Å². The topological polar surface area (TPSA) is 84.1 Å². The Balaban J connectivity index is 1.71. The van der Waals surface area contributed by atoms with Crippen LogP contribution in [0.25, 0.3) is 10.2 Å². The van der Waals surface area contributed by atoms with Crippen molar-refractivity contribution in [2.45, 2.75) is 32.7 Å². The number of carbonyl (C=O) groups excluding carboxylic acids is 1. The molecule has 1 fully saturated rings. The molecule has 0 saturated carbocycles. The largest absolute Gasteiger partial charge is 0.369 e. The number of primary amides is 1. The van der Waals surface area contributed by atoms with Crippen LogP contribution in [0.2, 0.25) is 0 Å². The van der Waals surface area contributed by atoms with E-state index in [0.29, 0.717) is 12.6 Å². The van der Waals surface area contributed by atoms with Gasteiger partial charge in [-0.05, 0) is 32.3 Å². The molecule has 3 rings (SSSR count). The summed E-state index contributed by atoms with van der Waals surface area (Å²) in [6, 6.07) is 0.377. The van der Waals surface area contributed by atoms with Crippen LogP contribution in [-0.4, -0.2) is 46.5 Å². The van der Waals surface area contributed by atoms with Crippen molar-refractivity contribution in [1.29, 1.82) is 0 Å². The number of thiophene rings is 1. The Morgan fingerprint density at radius 1 is 1.41 bits per heavy atom. The van der Waals surface area contributed by atoms with Crippen LogP contribution >= 0.6 is 11.3 Å². The Labute approximate surface area is 133 Å². The maximum Gasteiger partial charge on any atom is 0.231 e. The molecule has 0 radical (unpaired) electrons. The SMILES string of the molecule is Cc1sc2ncnc(NC3CCN(CC(N)=O)CC3)c2c1C. The molecule has 2 aromatic rings. The predicted molar refractivity (Wildman–Crippen MR) is 89.2 cm³/mol. The zero-order chi connectivity index (χ0) is 15.7. The van der Waals surface area contributed by atoms with Gasteiger partial charge in [-0.1, -0.05) is 0 Å². The lowest BCUT2D eigenvalue weighted by Gasteiger charge is -2.31. The summed E-state index contributed by atoms with van der Waals surface area (Å²) in [5.41, 5.74) is 6.51. The van der Waals surface area contributed by atoms with Gasteiger partial charge in [-0.25, -0.2) is 9.97 Å². The molecule has 7 heteroatoms. The van der Waals surface area contributed by atoms with E-state index in [1.54, 1.807) is 17.7 Å². The molecular weight excluding hydrogens is 298 g/mol. The molecule has 3 heterocycles. The van der Waals surface area contributed by atoms with Crippen LogP contribution in [-0.2, 0) is 4.79 Å². The average Bonchev–Trinajstić information content (AvgIpc) is 2.77. The molecule has 0 aliphatic carbocycles. The normalized spacial score (nSPS) is 17.0. The number of nitrogens with zero attached hydrogens (tertiary/aromatic N) is 3. The van der Waals surface area contributed by atoms with E-state index in [-0.39, 0.29) is 5.91 Å². The number of aryl methyl sites for hydroxylation is 2. The lowest BCUT2D eigenvalue weighted by atomic mass is 10.0. The molecule has 22 heavy (non-hydrogen) atoms. The highest BCUT2D eigenvalue weighted by Gasteiger charge is 2.21. The van der Waals surface area contributed by atoms with Crippen LogP contribution in [0.4, 0.5) is 5.82 Å². The third-order valence-corrected chi connectivity index (χ3v) is 5.39. The minimum atomic E-state index is -0.256. The second kappa shape index (κ2) is 6.18. The van der Waals surface area contributed by atoms with Gasteiger partial charge < -0.3 is 11.1 Å². The third kappa shape index (κ3) is 3.05. The second-order valence-electron chi connectivity index (χ2n) is 5.85. The molecule has 1 saturated heterocycles. The molecule has 0 atom stereocenters. The first-order valence-electron chi connectivity index (χ1n) is 7.52. The van der Waals surface area contributed by atoms with Crippen molar-refractivity contribution in [2.75, 3.05) is 25.0 Å². The van der Waals surface area contributed by atoms with Crippen molar-refractivity contribution in [3.63, 3.8) is 0 Å². The number of anilines is 1. The van der Waals surface area contributed by atoms with Gasteiger partial charge in [0.25, 0.3) is 0 Å². The summed E-state index contributed by atoms with van der Waals surface area (Å²) in [5, 5.41) is 4.71. The van der Waals surface area contributed by atoms with E-state index < -0.39 is 0 Å². The third-order valence-electron chi connectivity index (χ3n) is 4.27. The number of amides is 1. The number of carbonyl (C=O) groups is 1. The van der Waals surface area contributed by atoms with Gasteiger partial charge in [0.15, 0.2) is 0 Å². The van der Waals surface area contributed by atoms with Gasteiger partial charge in [-0.3, -0.25) is 9.69 Å². The summed E-state index contributed by atoms with van der Waals surface area (Å²) in [6.45, 7) is 6.37. The number of aromatic nitrogens is 2. The van der Waals surface area contributed by atoms with E-state index in [1.165, 1.54) is 10.4 Å². The smallest absolute Gasteiger partial charge is 0.231 e. The van der Waals surface area contributed by atoms with E-state index in [9.17, 15) is 4.79 Å². The van der Waals surface area contributed by atoms with Crippen molar-refractivity contribution in [2.24, 2.45) is 5.73 Å². The van der Waals surface area contributed by atoms with Crippen molar-refractivity contribution in [1.82, 2.24) is 14.9 Å². The Morgan fingerprint density at radius 2 is 2.14 bits per heavy atom. The highest BCUT2D eigenvalue weighted by Crippen LogP contribution is 2.33. The molecule has 1 aliphatic rings. The molecule has 0 aromatic carbocycles. The van der Waals surface area contributed by atoms with Crippen LogP contribution in [0.5, 0.6) is 0 Å². The first kappa shape index (κ1) is 15.2. The first-order chi connectivity index (χ1) is 10.5. The standard InChI is InChI=1S/C15H21N5OS/c1-9-10(2)22-15-13(9)14(17-8-18-15)19-11-3-5-20(6-4-11)7-12(16)21/h8,11H,3-7H2,1-2H3,(H2,16,21)(H,17,18,19). The molecule has 1 amide bonds. The summed E-state index contributed by atoms with van der Waals surface area (Å²) in [6.07, 6.45) is 3.60. The zero-order valence-corrected chi connectivity index (χ0v) is 13.7. The van der Waals surface area contributed by atoms with Crippen LogP contribution < -0.4 is 11.1 Å². The maximum absolute atomic E-state index is 11.0. The lowest BCUT2D eigenvalue weighted by Crippen LogP contribution is -2.43. The van der Waals surface area contributed by atoms with Gasteiger partial charge in [-0.2, -0.15) is 0 Å². The fourth-order valence-corrected chi connectivity index (χ4v) is 3.94. The van der Waals surface area contributed by atoms with Crippen LogP contribution in [0.15, 0.2) is 6.33 Å². The lowest BCUT2D eigenvalue weighted by molar-refractivity contribution is -0.119. The fraction of sp³-hybridized carbons (Fsp3) is 0.533. The quantitative estimate of drug-likeness (QED) is 0.895. The van der Waals surface area contributed by atoms with Gasteiger partial charge in [-0.15, -0.1) is 11.3 Å². The highest BCUT2D eigenvalue weighted by atomic mass is 32.1. The molecule has 1 aliphatic heterocycles. The minimum Gasteiger partial charge on any atom is -0.369 e. The molecule has 6 nitrogen and oxygen atoms in total. The predicted octanol–water partition coefficient (Wildman–Crippen LogP) is 1.67. The second-order valence-corrected chi connectivity index (χ2v) is 7.05. The van der Waals surface area contributed by atoms with E-state index in [4.69, 9.17) is 5.73 Å². The fourth-order valence-electron chi connectivity index (χ4n) is 2.94. The molecule has 3 N–H and O–H groups in total. The van der Waals surface area contributed by atoms with Crippen LogP contribution in [0.3, 0.4) is 0 Å². The van der Waals surface area contributed by atoms with Crippen molar-refractivity contribution < 1.29 is 4.79 Å². The van der Waals surface area contributed by atoms with Gasteiger partial charge in [0.2, 0.25) is 5.91 Å². The Hall–Kier alpha value is -1.73. The molecular formula is C15H21N5OS. The average molecular weight is 319 g/mol. The van der Waals surface area contributed by atoms with E-state index in [2.05, 4.69) is 34.0 Å². The minimum absolute atomic E-state index is 0.256. The highest BCUT2D eigenvalue weighted by molar-refractivity contribution is 7.18. The molecule has 0 spiro atoms. The number of nitrogens with one attached hydrogen (secondary N) is 1. The number of piperidine rings is 1. The first-order valence-corrected chi connectivity index (χ1v) is 8.34. The van der Waals surface area contributed by atoms with E-state index in [0.717, 1.165) is 42.0 Å². The number of likely N-dealkylation sites (tertiary alicyclic amines) is 1. The number of fused-ring (bicyclic) bond motifs is 1. The summed E-state index contributed by atoms with van der Waals surface area (Å²) >= 11 is 1.71. The number of rotatable bonds is 4. The summed E-state index contributed by atoms with van der Waals surface area (Å²) in [7, 11) is 0. The van der Waals surface area contributed by atoms with Gasteiger partial charge >= 0.3 is 0 Å². The Bertz CT molecular complexity index is 691. The molecule has 118 valence electrons. The maximum atomic E-state index is 11.0. The number of nitrogens with two attached hydrogens (primary N) is 1. The Kier molecular flexibility index (Phi) is 4.26. The van der Waals surface area contributed by atoms with Gasteiger partial charge in [0.1, 0.15) is 17.0 Å². The van der Waals surface area contributed by atoms with Crippen LogP contribution in [0.1, 0.15) is 23.3 Å². The zero-order valence-electron chi connectivity index (χ0n) is 12.9.